The van der Waals surface area contributed by atoms with E-state index >= 15 is 0 Å². The molecule has 0 saturated carbocycles. The first-order chi connectivity index (χ1) is 8.53. The highest BCUT2D eigenvalue weighted by Gasteiger charge is 2.30. The molecule has 1 aliphatic heterocycles. The van der Waals surface area contributed by atoms with Crippen molar-refractivity contribution in [2.75, 3.05) is 12.9 Å². The molecule has 1 atom stereocenters. The summed E-state index contributed by atoms with van der Waals surface area (Å²) in [5.74, 6) is 1.25. The van der Waals surface area contributed by atoms with Crippen LogP contribution >= 0.6 is 11.8 Å². The molecule has 0 aromatic heterocycles. The van der Waals surface area contributed by atoms with Crippen molar-refractivity contribution >= 4 is 26.9 Å². The number of sulfonamides is 1. The number of carbonyl (C=O) groups excluding carboxylic acids is 1. The van der Waals surface area contributed by atoms with Gasteiger partial charge in [-0.2, -0.15) is 4.72 Å². The molecule has 0 unspecified atom stereocenters. The van der Waals surface area contributed by atoms with Crippen LogP contribution < -0.4 is 9.46 Å². The normalized spacial score (nSPS) is 20.1. The minimum atomic E-state index is -3.64. The summed E-state index contributed by atoms with van der Waals surface area (Å²) in [7, 11) is -2.13. The molecule has 0 aliphatic carbocycles. The Labute approximate surface area is 110 Å². The van der Waals surface area contributed by atoms with Gasteiger partial charge in [0, 0.05) is 5.75 Å². The predicted octanol–water partition coefficient (Wildman–Crippen LogP) is 1.01. The number of rotatable bonds is 4. The highest BCUT2D eigenvalue weighted by Crippen LogP contribution is 2.22. The van der Waals surface area contributed by atoms with Crippen molar-refractivity contribution in [2.45, 2.75) is 17.4 Å². The van der Waals surface area contributed by atoms with Gasteiger partial charge in [-0.05, 0) is 30.7 Å². The average Bonchev–Trinajstić information content (AvgIpc) is 2.74. The smallest absolute Gasteiger partial charge is 0.241 e. The van der Waals surface area contributed by atoms with Crippen molar-refractivity contribution in [1.82, 2.24) is 4.72 Å². The summed E-state index contributed by atoms with van der Waals surface area (Å²) < 4.78 is 31.4. The molecule has 0 radical (unpaired) electrons. The number of benzene rings is 1. The number of hydrogen-bond donors (Lipinski definition) is 1. The lowest BCUT2D eigenvalue weighted by Crippen LogP contribution is -2.37. The van der Waals surface area contributed by atoms with E-state index in [-0.39, 0.29) is 10.0 Å². The van der Waals surface area contributed by atoms with Gasteiger partial charge < -0.3 is 4.74 Å². The van der Waals surface area contributed by atoms with E-state index in [1.54, 1.807) is 12.1 Å². The SMILES string of the molecule is COc1ccc(S(=O)(=O)N[C@@H]2CCSC2=O)cc1. The summed E-state index contributed by atoms with van der Waals surface area (Å²) >= 11 is 1.16. The average molecular weight is 287 g/mol. The van der Waals surface area contributed by atoms with Crippen molar-refractivity contribution < 1.29 is 17.9 Å². The lowest BCUT2D eigenvalue weighted by molar-refractivity contribution is -0.111. The molecule has 1 aromatic rings. The Bertz CT molecular complexity index is 539. The van der Waals surface area contributed by atoms with Crippen LogP contribution in [0.25, 0.3) is 0 Å². The zero-order valence-corrected chi connectivity index (χ0v) is 11.4. The van der Waals surface area contributed by atoms with Crippen LogP contribution in [0.3, 0.4) is 0 Å². The highest BCUT2D eigenvalue weighted by atomic mass is 32.2. The molecule has 1 saturated heterocycles. The second-order valence-corrected chi connectivity index (χ2v) is 6.62. The van der Waals surface area contributed by atoms with Crippen molar-refractivity contribution in [1.29, 1.82) is 0 Å². The van der Waals surface area contributed by atoms with Crippen LogP contribution in [0, 0.1) is 0 Å². The second-order valence-electron chi connectivity index (χ2n) is 3.81. The third-order valence-electron chi connectivity index (χ3n) is 2.60. The zero-order chi connectivity index (χ0) is 13.2. The lowest BCUT2D eigenvalue weighted by atomic mass is 10.3. The lowest BCUT2D eigenvalue weighted by Gasteiger charge is -2.11. The number of methoxy groups -OCH3 is 1. The van der Waals surface area contributed by atoms with E-state index in [4.69, 9.17) is 4.74 Å². The Morgan fingerprint density at radius 2 is 2.00 bits per heavy atom. The van der Waals surface area contributed by atoms with Crippen molar-refractivity contribution in [3.8, 4) is 5.75 Å². The molecule has 2 rings (SSSR count). The predicted molar refractivity (Wildman–Crippen MR) is 69.2 cm³/mol. The van der Waals surface area contributed by atoms with Crippen molar-refractivity contribution in [3.05, 3.63) is 24.3 Å². The largest absolute Gasteiger partial charge is 0.497 e. The van der Waals surface area contributed by atoms with E-state index in [0.717, 1.165) is 11.8 Å². The molecule has 1 heterocycles. The maximum absolute atomic E-state index is 12.0. The number of hydrogen-bond acceptors (Lipinski definition) is 5. The number of ether oxygens (including phenoxy) is 1. The Balaban J connectivity index is 2.16. The van der Waals surface area contributed by atoms with E-state index in [1.807, 2.05) is 0 Å². The van der Waals surface area contributed by atoms with E-state index in [1.165, 1.54) is 19.2 Å². The third kappa shape index (κ3) is 2.85. The Morgan fingerprint density at radius 3 is 2.50 bits per heavy atom. The van der Waals surface area contributed by atoms with Crippen LogP contribution in [0.4, 0.5) is 0 Å². The first kappa shape index (κ1) is 13.4. The van der Waals surface area contributed by atoms with E-state index in [9.17, 15) is 13.2 Å². The number of carbonyl (C=O) groups is 1. The van der Waals surface area contributed by atoms with E-state index in [2.05, 4.69) is 4.72 Å². The quantitative estimate of drug-likeness (QED) is 0.894. The first-order valence-electron chi connectivity index (χ1n) is 5.36. The maximum Gasteiger partial charge on any atom is 0.241 e. The van der Waals surface area contributed by atoms with Gasteiger partial charge in [-0.1, -0.05) is 11.8 Å². The fourth-order valence-electron chi connectivity index (χ4n) is 1.61. The molecule has 1 N–H and O–H groups in total. The van der Waals surface area contributed by atoms with Crippen LogP contribution in [0.2, 0.25) is 0 Å². The van der Waals surface area contributed by atoms with Gasteiger partial charge in [-0.25, -0.2) is 8.42 Å². The highest BCUT2D eigenvalue weighted by molar-refractivity contribution is 8.14. The van der Waals surface area contributed by atoms with Gasteiger partial charge in [0.1, 0.15) is 5.75 Å². The maximum atomic E-state index is 12.0. The minimum absolute atomic E-state index is 0.118. The number of thioether (sulfide) groups is 1. The zero-order valence-electron chi connectivity index (χ0n) is 9.75. The summed E-state index contributed by atoms with van der Waals surface area (Å²) in [6.45, 7) is 0. The fourth-order valence-corrected chi connectivity index (χ4v) is 3.85. The van der Waals surface area contributed by atoms with Gasteiger partial charge in [0.25, 0.3) is 0 Å². The van der Waals surface area contributed by atoms with Crippen molar-refractivity contribution in [2.24, 2.45) is 0 Å². The molecule has 98 valence electrons. The van der Waals surface area contributed by atoms with Gasteiger partial charge in [-0.15, -0.1) is 0 Å². The molecule has 7 heteroatoms. The fraction of sp³-hybridized carbons (Fsp3) is 0.364. The van der Waals surface area contributed by atoms with Gasteiger partial charge in [-0.3, -0.25) is 4.79 Å². The molecule has 1 aliphatic rings. The molecule has 18 heavy (non-hydrogen) atoms. The molecule has 0 bridgehead atoms. The first-order valence-corrected chi connectivity index (χ1v) is 7.83. The Hall–Kier alpha value is -1.05. The second kappa shape index (κ2) is 5.29. The third-order valence-corrected chi connectivity index (χ3v) is 5.10. The molecule has 1 fully saturated rings. The van der Waals surface area contributed by atoms with E-state index < -0.39 is 16.1 Å². The monoisotopic (exact) mass is 287 g/mol. The molecule has 0 amide bonds. The van der Waals surface area contributed by atoms with Crippen LogP contribution in [-0.2, 0) is 14.8 Å². The minimum Gasteiger partial charge on any atom is -0.497 e. The standard InChI is InChI=1S/C11H13NO4S2/c1-16-8-2-4-9(5-3-8)18(14,15)12-10-6-7-17-11(10)13/h2-5,10,12H,6-7H2,1H3/t10-/m1/s1. The molecular formula is C11H13NO4S2. The van der Waals surface area contributed by atoms with Crippen LogP contribution in [-0.4, -0.2) is 32.4 Å². The summed E-state index contributed by atoms with van der Waals surface area (Å²) in [6, 6.07) is 5.43. The molecule has 1 aromatic carbocycles. The summed E-state index contributed by atoms with van der Waals surface area (Å²) in [5, 5.41) is -0.118. The Morgan fingerprint density at radius 1 is 1.33 bits per heavy atom. The molecular weight excluding hydrogens is 274 g/mol. The van der Waals surface area contributed by atoms with Crippen LogP contribution in [0.5, 0.6) is 5.75 Å². The van der Waals surface area contributed by atoms with Gasteiger partial charge >= 0.3 is 0 Å². The molecule has 5 nitrogen and oxygen atoms in total. The van der Waals surface area contributed by atoms with E-state index in [0.29, 0.717) is 17.9 Å². The van der Waals surface area contributed by atoms with Gasteiger partial charge in [0.15, 0.2) is 0 Å². The van der Waals surface area contributed by atoms with Gasteiger partial charge in [0.05, 0.1) is 18.0 Å². The van der Waals surface area contributed by atoms with Gasteiger partial charge in [0.2, 0.25) is 15.1 Å². The molecule has 0 spiro atoms. The topological polar surface area (TPSA) is 72.5 Å². The summed E-state index contributed by atoms with van der Waals surface area (Å²) in [6.07, 6.45) is 0.541. The summed E-state index contributed by atoms with van der Waals surface area (Å²) in [5.41, 5.74) is 0. The van der Waals surface area contributed by atoms with Crippen LogP contribution in [0.15, 0.2) is 29.2 Å². The van der Waals surface area contributed by atoms with Crippen molar-refractivity contribution in [3.63, 3.8) is 0 Å². The number of nitrogens with one attached hydrogen (secondary N) is 1. The van der Waals surface area contributed by atoms with Crippen LogP contribution in [0.1, 0.15) is 6.42 Å². The Kier molecular flexibility index (Phi) is 3.94. The summed E-state index contributed by atoms with van der Waals surface area (Å²) in [4.78, 5) is 11.5.